The lowest BCUT2D eigenvalue weighted by atomic mass is 10.1. The van der Waals surface area contributed by atoms with Gasteiger partial charge in [-0.15, -0.1) is 4.79 Å². The van der Waals surface area contributed by atoms with Crippen LogP contribution in [0.5, 0.6) is 0 Å². The van der Waals surface area contributed by atoms with Gasteiger partial charge in [0.15, 0.2) is 0 Å². The molecule has 0 unspecified atom stereocenters. The van der Waals surface area contributed by atoms with Crippen LogP contribution in [0.1, 0.15) is 30.8 Å². The number of hydrogen-bond acceptors (Lipinski definition) is 9. The molecule has 5 aromatic rings. The Hall–Kier alpha value is -5.36. The van der Waals surface area contributed by atoms with Gasteiger partial charge in [0.2, 0.25) is 5.91 Å². The van der Waals surface area contributed by atoms with Crippen LogP contribution < -0.4 is 16.5 Å². The lowest BCUT2D eigenvalue weighted by molar-refractivity contribution is -0.143. The molecule has 232 valence electrons. The summed E-state index contributed by atoms with van der Waals surface area (Å²) >= 11 is 5.84. The lowest BCUT2D eigenvalue weighted by Gasteiger charge is -2.11. The smallest absolute Gasteiger partial charge is 0.311 e. The van der Waals surface area contributed by atoms with Gasteiger partial charge < -0.3 is 9.47 Å². The van der Waals surface area contributed by atoms with Gasteiger partial charge in [0, 0.05) is 15.8 Å². The summed E-state index contributed by atoms with van der Waals surface area (Å²) in [4.78, 5) is 60.7. The van der Waals surface area contributed by atoms with Crippen molar-refractivity contribution in [2.75, 3.05) is 18.6 Å². The normalized spacial score (nSPS) is 10.6. The van der Waals surface area contributed by atoms with E-state index in [2.05, 4.69) is 20.7 Å². The molecule has 5 rings (SSSR count). The lowest BCUT2D eigenvalue weighted by Crippen LogP contribution is -2.37. The SMILES string of the molecule is CCOC(=O)Cc1n[nH]c(=O)c2ccccc12.CCOC(=O)Cc1nn(NC(=O)Cc2ccc(Cl)cc2)c(=O)c2ccccc12. The number of benzene rings is 3. The third-order valence-corrected chi connectivity index (χ3v) is 6.65. The van der Waals surface area contributed by atoms with E-state index in [0.29, 0.717) is 44.6 Å². The molecule has 2 heterocycles. The summed E-state index contributed by atoms with van der Waals surface area (Å²) < 4.78 is 9.82. The van der Waals surface area contributed by atoms with Gasteiger partial charge in [0.25, 0.3) is 11.1 Å². The van der Waals surface area contributed by atoms with Crippen molar-refractivity contribution in [2.45, 2.75) is 33.1 Å². The summed E-state index contributed by atoms with van der Waals surface area (Å²) in [5, 5.41) is 13.1. The van der Waals surface area contributed by atoms with Crippen LogP contribution in [0, 0.1) is 0 Å². The maximum absolute atomic E-state index is 12.7. The molecular formula is C32H30ClN5O7. The first-order chi connectivity index (χ1) is 21.7. The number of aromatic amines is 1. The molecule has 0 aliphatic heterocycles. The summed E-state index contributed by atoms with van der Waals surface area (Å²) in [6.45, 7) is 4.03. The third-order valence-electron chi connectivity index (χ3n) is 6.40. The molecule has 2 N–H and O–H groups in total. The van der Waals surface area contributed by atoms with Gasteiger partial charge in [0.1, 0.15) is 0 Å². The van der Waals surface area contributed by atoms with Crippen molar-refractivity contribution in [1.82, 2.24) is 20.1 Å². The van der Waals surface area contributed by atoms with E-state index in [-0.39, 0.29) is 37.4 Å². The zero-order chi connectivity index (χ0) is 32.3. The van der Waals surface area contributed by atoms with E-state index < -0.39 is 17.4 Å². The number of carbonyl (C=O) groups is 3. The second-order valence-electron chi connectivity index (χ2n) is 9.56. The van der Waals surface area contributed by atoms with Gasteiger partial charge in [-0.05, 0) is 43.7 Å². The standard InChI is InChI=1S/C20H18ClN3O4.C12H12N2O3/c1-2-28-19(26)12-17-15-5-3-4-6-16(15)20(27)24(22-17)23-18(25)11-13-7-9-14(21)10-8-13;1-2-17-11(15)7-10-8-5-3-4-6-9(8)12(16)14-13-10/h3-10H,2,11-12H2,1H3,(H,23,25);3-6H,2,7H2,1H3,(H,14,16). The molecule has 0 spiro atoms. The highest BCUT2D eigenvalue weighted by Gasteiger charge is 2.16. The van der Waals surface area contributed by atoms with Gasteiger partial charge in [-0.3, -0.25) is 24.0 Å². The van der Waals surface area contributed by atoms with E-state index in [1.165, 1.54) is 0 Å². The number of hydrogen-bond donors (Lipinski definition) is 2. The monoisotopic (exact) mass is 631 g/mol. The molecule has 13 heteroatoms. The number of H-pyrrole nitrogens is 1. The Morgan fingerprint density at radius 1 is 0.756 bits per heavy atom. The number of nitrogens with zero attached hydrogens (tertiary/aromatic N) is 3. The topological polar surface area (TPSA) is 162 Å². The maximum Gasteiger partial charge on any atom is 0.311 e. The van der Waals surface area contributed by atoms with E-state index in [9.17, 15) is 24.0 Å². The highest BCUT2D eigenvalue weighted by Crippen LogP contribution is 2.15. The minimum Gasteiger partial charge on any atom is -0.466 e. The quantitative estimate of drug-likeness (QED) is 0.232. The van der Waals surface area contributed by atoms with Gasteiger partial charge in [-0.25, -0.2) is 10.5 Å². The minimum absolute atomic E-state index is 0.0469. The molecule has 12 nitrogen and oxygen atoms in total. The summed E-state index contributed by atoms with van der Waals surface area (Å²) in [6, 6.07) is 20.6. The summed E-state index contributed by atoms with van der Waals surface area (Å²) in [7, 11) is 0. The Kier molecular flexibility index (Phi) is 11.1. The molecule has 0 aliphatic rings. The van der Waals surface area contributed by atoms with Crippen LogP contribution in [-0.2, 0) is 43.1 Å². The van der Waals surface area contributed by atoms with Crippen molar-refractivity contribution in [3.05, 3.63) is 115 Å². The molecule has 3 aromatic carbocycles. The minimum atomic E-state index is -0.479. The maximum atomic E-state index is 12.7. The second kappa shape index (κ2) is 15.4. The molecule has 1 amide bonds. The third kappa shape index (κ3) is 8.61. The van der Waals surface area contributed by atoms with Crippen LogP contribution in [0.15, 0.2) is 82.4 Å². The predicted molar refractivity (Wildman–Crippen MR) is 169 cm³/mol. The molecule has 2 aromatic heterocycles. The van der Waals surface area contributed by atoms with E-state index in [4.69, 9.17) is 21.1 Å². The first-order valence-corrected chi connectivity index (χ1v) is 14.4. The number of fused-ring (bicyclic) bond motifs is 2. The first-order valence-electron chi connectivity index (χ1n) is 14.0. The van der Waals surface area contributed by atoms with E-state index in [0.717, 1.165) is 10.4 Å². The largest absolute Gasteiger partial charge is 0.466 e. The van der Waals surface area contributed by atoms with Crippen molar-refractivity contribution in [1.29, 1.82) is 0 Å². The molecule has 0 radical (unpaired) electrons. The zero-order valence-corrected chi connectivity index (χ0v) is 25.3. The summed E-state index contributed by atoms with van der Waals surface area (Å²) in [6.07, 6.45) is -0.00184. The number of amides is 1. The van der Waals surface area contributed by atoms with Gasteiger partial charge >= 0.3 is 11.9 Å². The molecule has 0 fully saturated rings. The zero-order valence-electron chi connectivity index (χ0n) is 24.5. The number of carbonyl (C=O) groups excluding carboxylic acids is 3. The molecular weight excluding hydrogens is 602 g/mol. The summed E-state index contributed by atoms with van der Waals surface area (Å²) in [5.41, 5.74) is 3.36. The molecule has 0 saturated heterocycles. The molecule has 0 atom stereocenters. The van der Waals surface area contributed by atoms with Crippen LogP contribution >= 0.6 is 11.6 Å². The number of aromatic nitrogens is 4. The van der Waals surface area contributed by atoms with E-state index >= 15 is 0 Å². The van der Waals surface area contributed by atoms with Crippen LogP contribution in [0.4, 0.5) is 0 Å². The van der Waals surface area contributed by atoms with Gasteiger partial charge in [-0.2, -0.15) is 10.2 Å². The number of esters is 2. The molecule has 0 aliphatic carbocycles. The van der Waals surface area contributed by atoms with Crippen molar-refractivity contribution in [2.24, 2.45) is 0 Å². The summed E-state index contributed by atoms with van der Waals surface area (Å²) in [5.74, 6) is -1.23. The fourth-order valence-corrected chi connectivity index (χ4v) is 4.54. The predicted octanol–water partition coefficient (Wildman–Crippen LogP) is 3.50. The van der Waals surface area contributed by atoms with Gasteiger partial charge in [0.05, 0.1) is 54.6 Å². The number of ether oxygens (including phenoxy) is 2. The Labute approximate surface area is 261 Å². The highest BCUT2D eigenvalue weighted by molar-refractivity contribution is 6.30. The first kappa shape index (κ1) is 32.6. The number of rotatable bonds is 9. The van der Waals surface area contributed by atoms with Crippen LogP contribution in [-0.4, -0.2) is 51.1 Å². The Morgan fingerprint density at radius 2 is 1.29 bits per heavy atom. The van der Waals surface area contributed by atoms with Crippen LogP contribution in [0.2, 0.25) is 5.02 Å². The van der Waals surface area contributed by atoms with Crippen molar-refractivity contribution < 1.29 is 23.9 Å². The van der Waals surface area contributed by atoms with Crippen molar-refractivity contribution >= 4 is 51.0 Å². The Morgan fingerprint density at radius 3 is 1.89 bits per heavy atom. The average molecular weight is 632 g/mol. The fourth-order valence-electron chi connectivity index (χ4n) is 4.41. The van der Waals surface area contributed by atoms with E-state index in [1.807, 2.05) is 0 Å². The average Bonchev–Trinajstić information content (AvgIpc) is 3.03. The second-order valence-corrected chi connectivity index (χ2v) is 9.99. The molecule has 0 saturated carbocycles. The van der Waals surface area contributed by atoms with Crippen molar-refractivity contribution in [3.63, 3.8) is 0 Å². The van der Waals surface area contributed by atoms with Crippen molar-refractivity contribution in [3.8, 4) is 0 Å². The Bertz CT molecular complexity index is 1950. The van der Waals surface area contributed by atoms with Gasteiger partial charge in [-0.1, -0.05) is 60.1 Å². The fraction of sp³-hybridized carbons (Fsp3) is 0.219. The number of halogens is 1. The molecule has 0 bridgehead atoms. The Balaban J connectivity index is 0.000000231. The van der Waals surface area contributed by atoms with Crippen LogP contribution in [0.3, 0.4) is 0 Å². The molecule has 45 heavy (non-hydrogen) atoms. The highest BCUT2D eigenvalue weighted by atomic mass is 35.5. The van der Waals surface area contributed by atoms with Crippen LogP contribution in [0.25, 0.3) is 21.5 Å². The van der Waals surface area contributed by atoms with E-state index in [1.54, 1.807) is 86.6 Å². The number of nitrogens with one attached hydrogen (secondary N) is 2.